The molecule has 4 aliphatic heterocycles. The number of quaternary nitrogens is 1. The van der Waals surface area contributed by atoms with Crippen LogP contribution in [0.3, 0.4) is 0 Å². The van der Waals surface area contributed by atoms with E-state index in [1.54, 1.807) is 0 Å². The number of esters is 1. The Hall–Kier alpha value is -3.76. The first-order chi connectivity index (χ1) is 22.6. The lowest BCUT2D eigenvalue weighted by atomic mass is 9.85. The average Bonchev–Trinajstić information content (AvgIpc) is 3.64. The van der Waals surface area contributed by atoms with Crippen LogP contribution >= 0.6 is 0 Å². The van der Waals surface area contributed by atoms with Gasteiger partial charge in [-0.05, 0) is 11.1 Å². The molecule has 0 aliphatic carbocycles. The first-order valence-electron chi connectivity index (χ1n) is 16.5. The van der Waals surface area contributed by atoms with Gasteiger partial charge in [-0.1, -0.05) is 91.0 Å². The average molecular weight is 629 g/mol. The summed E-state index contributed by atoms with van der Waals surface area (Å²) >= 11 is 0. The molecule has 4 aliphatic rings. The highest BCUT2D eigenvalue weighted by Crippen LogP contribution is 2.47. The number of hydrogen-bond acceptors (Lipinski definition) is 8. The van der Waals surface area contributed by atoms with Crippen LogP contribution in [0.25, 0.3) is 0 Å². The second-order valence-corrected chi connectivity index (χ2v) is 12.9. The van der Waals surface area contributed by atoms with Gasteiger partial charge in [-0.2, -0.15) is 0 Å². The van der Waals surface area contributed by atoms with Crippen molar-refractivity contribution >= 4 is 12.1 Å². The van der Waals surface area contributed by atoms with Gasteiger partial charge in [0.1, 0.15) is 6.10 Å². The molecule has 2 bridgehead atoms. The topological polar surface area (TPSA) is 89.5 Å². The van der Waals surface area contributed by atoms with Crippen LogP contribution in [0.4, 0.5) is 4.79 Å². The molecule has 0 amide bonds. The molecule has 3 aromatic carbocycles. The van der Waals surface area contributed by atoms with E-state index in [-0.39, 0.29) is 19.3 Å². The summed E-state index contributed by atoms with van der Waals surface area (Å²) in [5.74, 6) is -0.512. The Kier molecular flexibility index (Phi) is 9.08. The molecule has 4 fully saturated rings. The van der Waals surface area contributed by atoms with Gasteiger partial charge in [0.05, 0.1) is 38.4 Å². The number of carbonyl (C=O) groups excluding carboxylic acids is 2. The molecule has 4 saturated heterocycles. The minimum Gasteiger partial charge on any atom is -0.459 e. The molecule has 1 spiro atoms. The van der Waals surface area contributed by atoms with E-state index in [2.05, 4.69) is 0 Å². The number of rotatable bonds is 9. The van der Waals surface area contributed by atoms with Crippen molar-refractivity contribution in [3.63, 3.8) is 0 Å². The monoisotopic (exact) mass is 628 g/mol. The summed E-state index contributed by atoms with van der Waals surface area (Å²) in [7, 11) is 0. The Bertz CT molecular complexity index is 1400. The number of hydrogen-bond donors (Lipinski definition) is 0. The zero-order valence-electron chi connectivity index (χ0n) is 26.0. The maximum absolute atomic E-state index is 14.5. The van der Waals surface area contributed by atoms with Gasteiger partial charge in [0.25, 0.3) is 0 Å². The molecule has 9 nitrogen and oxygen atoms in total. The van der Waals surface area contributed by atoms with Crippen molar-refractivity contribution in [3.8, 4) is 0 Å². The molecule has 0 radical (unpaired) electrons. The maximum atomic E-state index is 14.5. The standard InChI is InChI=1S/C37H42NO8/c39-35(45-32-22-30-18-19-31(23-32)38(30)20-10-11-21-38)37(28-14-6-2-7-15-28,29-16-8-3-9-17-29)44-26-43-36(40)46-33-24-41-34(42-25-33)27-12-4-1-5-13-27/h1-9,12-17,30-34H,10-11,18-26H2/q+1. The number of ether oxygens (including phenoxy) is 6. The Morgan fingerprint density at radius 2 is 1.26 bits per heavy atom. The molecule has 46 heavy (non-hydrogen) atoms. The van der Waals surface area contributed by atoms with E-state index >= 15 is 0 Å². The maximum Gasteiger partial charge on any atom is 0.510 e. The molecule has 2 atom stereocenters. The van der Waals surface area contributed by atoms with Gasteiger partial charge >= 0.3 is 12.1 Å². The van der Waals surface area contributed by atoms with Crippen molar-refractivity contribution in [1.29, 1.82) is 0 Å². The molecule has 4 heterocycles. The summed E-state index contributed by atoms with van der Waals surface area (Å²) in [6, 6.07) is 29.2. The van der Waals surface area contributed by atoms with Crippen LogP contribution in [0.15, 0.2) is 91.0 Å². The number of nitrogens with zero attached hydrogens (tertiary/aromatic N) is 1. The van der Waals surface area contributed by atoms with Crippen molar-refractivity contribution in [3.05, 3.63) is 108 Å². The van der Waals surface area contributed by atoms with Gasteiger partial charge in [0.2, 0.25) is 5.60 Å². The largest absolute Gasteiger partial charge is 0.510 e. The van der Waals surface area contributed by atoms with Crippen molar-refractivity contribution in [1.82, 2.24) is 0 Å². The van der Waals surface area contributed by atoms with Crippen LogP contribution in [-0.2, 0) is 38.8 Å². The summed E-state index contributed by atoms with van der Waals surface area (Å²) in [6.45, 7) is 2.27. The highest BCUT2D eigenvalue weighted by molar-refractivity contribution is 5.86. The summed E-state index contributed by atoms with van der Waals surface area (Å²) in [5.41, 5.74) is 0.413. The lowest BCUT2D eigenvalue weighted by Crippen LogP contribution is -2.60. The molecule has 0 N–H and O–H groups in total. The molecule has 9 heteroatoms. The van der Waals surface area contributed by atoms with Gasteiger partial charge in [-0.25, -0.2) is 9.59 Å². The highest BCUT2D eigenvalue weighted by atomic mass is 16.8. The minimum absolute atomic E-state index is 0.156. The van der Waals surface area contributed by atoms with Crippen LogP contribution in [0.1, 0.15) is 61.5 Å². The number of benzene rings is 3. The predicted octanol–water partition coefficient (Wildman–Crippen LogP) is 6.02. The van der Waals surface area contributed by atoms with E-state index in [0.717, 1.165) is 18.4 Å². The van der Waals surface area contributed by atoms with E-state index in [4.69, 9.17) is 28.4 Å². The summed E-state index contributed by atoms with van der Waals surface area (Å²) < 4.78 is 36.3. The fraction of sp³-hybridized carbons (Fsp3) is 0.459. The lowest BCUT2D eigenvalue weighted by Gasteiger charge is -2.47. The van der Waals surface area contributed by atoms with E-state index in [1.807, 2.05) is 91.0 Å². The smallest absolute Gasteiger partial charge is 0.459 e. The summed E-state index contributed by atoms with van der Waals surface area (Å²) in [6.07, 6.45) is 4.38. The Morgan fingerprint density at radius 1 is 0.717 bits per heavy atom. The number of carbonyl (C=O) groups is 2. The first kappa shape index (κ1) is 30.9. The van der Waals surface area contributed by atoms with Gasteiger partial charge in [-0.3, -0.25) is 0 Å². The highest BCUT2D eigenvalue weighted by Gasteiger charge is 2.57. The third-order valence-electron chi connectivity index (χ3n) is 10.3. The van der Waals surface area contributed by atoms with Crippen molar-refractivity contribution in [2.45, 2.75) is 74.7 Å². The normalized spacial score (nSPS) is 26.8. The van der Waals surface area contributed by atoms with Crippen LogP contribution in [0.5, 0.6) is 0 Å². The summed E-state index contributed by atoms with van der Waals surface area (Å²) in [4.78, 5) is 27.2. The van der Waals surface area contributed by atoms with Gasteiger partial charge in [-0.15, -0.1) is 0 Å². The third-order valence-corrected chi connectivity index (χ3v) is 10.3. The van der Waals surface area contributed by atoms with Gasteiger partial charge in [0, 0.05) is 44.1 Å². The van der Waals surface area contributed by atoms with E-state index in [0.29, 0.717) is 23.2 Å². The molecule has 0 saturated carbocycles. The SMILES string of the molecule is O=C(OCOC(C(=O)OC1CC2CCC(C1)[N+]21CCCC1)(c1ccccc1)c1ccccc1)OC1COC(c2ccccc2)OC1. The van der Waals surface area contributed by atoms with Crippen molar-refractivity contribution in [2.75, 3.05) is 33.1 Å². The third kappa shape index (κ3) is 6.05. The predicted molar refractivity (Wildman–Crippen MR) is 167 cm³/mol. The number of piperidine rings is 1. The molecule has 0 aromatic heterocycles. The van der Waals surface area contributed by atoms with E-state index < -0.39 is 36.9 Å². The first-order valence-corrected chi connectivity index (χ1v) is 16.5. The minimum atomic E-state index is -1.65. The molecular weight excluding hydrogens is 586 g/mol. The quantitative estimate of drug-likeness (QED) is 0.162. The van der Waals surface area contributed by atoms with Crippen LogP contribution in [-0.4, -0.2) is 74.0 Å². The fourth-order valence-electron chi connectivity index (χ4n) is 8.21. The molecule has 3 aromatic rings. The summed E-state index contributed by atoms with van der Waals surface area (Å²) in [5, 5.41) is 0. The molecule has 2 unspecified atom stereocenters. The molecule has 242 valence electrons. The van der Waals surface area contributed by atoms with Crippen LogP contribution in [0, 0.1) is 0 Å². The second-order valence-electron chi connectivity index (χ2n) is 12.9. The van der Waals surface area contributed by atoms with Crippen LogP contribution < -0.4 is 0 Å². The Balaban J connectivity index is 1.04. The van der Waals surface area contributed by atoms with Crippen molar-refractivity contribution < 1.29 is 42.5 Å². The van der Waals surface area contributed by atoms with Gasteiger partial charge < -0.3 is 32.9 Å². The molecule has 7 rings (SSSR count). The van der Waals surface area contributed by atoms with E-state index in [1.165, 1.54) is 43.3 Å². The van der Waals surface area contributed by atoms with Gasteiger partial charge in [0.15, 0.2) is 19.2 Å². The zero-order valence-corrected chi connectivity index (χ0v) is 26.0. The van der Waals surface area contributed by atoms with Crippen molar-refractivity contribution in [2.24, 2.45) is 0 Å². The molecular formula is C37H42NO8+. The Labute approximate surface area is 269 Å². The van der Waals surface area contributed by atoms with Crippen LogP contribution in [0.2, 0.25) is 0 Å². The fourth-order valence-corrected chi connectivity index (χ4v) is 8.21. The second kappa shape index (κ2) is 13.5. The van der Waals surface area contributed by atoms with E-state index in [9.17, 15) is 9.59 Å². The Morgan fingerprint density at radius 3 is 1.83 bits per heavy atom. The lowest BCUT2D eigenvalue weighted by molar-refractivity contribution is -0.956. The zero-order chi connectivity index (χ0) is 31.4.